The molecule has 0 aliphatic carbocycles. The van der Waals surface area contributed by atoms with E-state index in [1.165, 1.54) is 18.8 Å². The Morgan fingerprint density at radius 3 is 0.714 bits per heavy atom. The van der Waals surface area contributed by atoms with Crippen LogP contribution in [0.25, 0.3) is 0 Å². The number of halogens is 21. The van der Waals surface area contributed by atoms with Crippen LogP contribution in [0.1, 0.15) is 63.4 Å². The number of hydrogen-bond donors (Lipinski definition) is 0. The Bertz CT molecular complexity index is 2440. The van der Waals surface area contributed by atoms with Crippen molar-refractivity contribution in [2.24, 2.45) is 0 Å². The molecule has 4 aromatic carbocycles. The predicted octanol–water partition coefficient (Wildman–Crippen LogP) is 11.0. The van der Waals surface area contributed by atoms with E-state index in [1.54, 1.807) is 0 Å². The lowest BCUT2D eigenvalue weighted by atomic mass is 9.97. The van der Waals surface area contributed by atoms with Crippen molar-refractivity contribution < 1.29 is 92.2 Å². The maximum Gasteiger partial charge on any atom is 0.422 e. The summed E-state index contributed by atoms with van der Waals surface area (Å²) in [6, 6.07) is 0. The zero-order chi connectivity index (χ0) is 42.5. The van der Waals surface area contributed by atoms with Gasteiger partial charge in [-0.2, -0.15) is 26.3 Å². The molecule has 0 saturated carbocycles. The molecule has 0 aliphatic rings. The quantitative estimate of drug-likeness (QED) is 0.107. The summed E-state index contributed by atoms with van der Waals surface area (Å²) in [5.41, 5.74) is -19.5. The zero-order valence-electron chi connectivity index (χ0n) is 26.4. The van der Waals surface area contributed by atoms with Gasteiger partial charge in [-0.25, -0.2) is 65.9 Å². The van der Waals surface area contributed by atoms with Crippen molar-refractivity contribution in [3.05, 3.63) is 137 Å². The fourth-order valence-corrected chi connectivity index (χ4v) is 4.67. The van der Waals surface area contributed by atoms with E-state index in [4.69, 9.17) is 0 Å². The van der Waals surface area contributed by atoms with Gasteiger partial charge in [0.1, 0.15) is 44.8 Å². The summed E-state index contributed by atoms with van der Waals surface area (Å²) in [6.45, 7) is 1.20. The molecule has 294 valence electrons. The van der Waals surface area contributed by atoms with Gasteiger partial charge in [0.25, 0.3) is 0 Å². The molecule has 0 nitrogen and oxygen atoms in total. The largest absolute Gasteiger partial charge is 0.422 e. The molecule has 0 fully saturated rings. The lowest BCUT2D eigenvalue weighted by Crippen LogP contribution is -2.17. The Morgan fingerprint density at radius 1 is 0.304 bits per heavy atom. The molecule has 0 radical (unpaired) electrons. The normalized spacial score (nSPS) is 11.5. The van der Waals surface area contributed by atoms with E-state index in [0.29, 0.717) is 0 Å². The Labute approximate surface area is 297 Å². The molecule has 0 heterocycles. The predicted molar refractivity (Wildman–Crippen MR) is 147 cm³/mol. The van der Waals surface area contributed by atoms with Crippen molar-refractivity contribution >= 4 is 0 Å². The SMILES string of the molecule is CCCc1c(F)c(C#Cc2c(F)c(F)c(C#Cc3c(F)c(F)c(C#Cc4c(F)c(F)c(C(F)(F)F)c(F)c4F)c(F)c3F)c(F)c2F)c(F)c(F)c1C(F)(F)F. The molecule has 0 bridgehead atoms. The number of benzene rings is 4. The number of hydrogen-bond acceptors (Lipinski definition) is 0. The molecule has 0 saturated heterocycles. The van der Waals surface area contributed by atoms with Crippen LogP contribution in [0.2, 0.25) is 0 Å². The smallest absolute Gasteiger partial charge is 0.205 e. The van der Waals surface area contributed by atoms with E-state index in [-0.39, 0.29) is 6.42 Å². The van der Waals surface area contributed by atoms with E-state index >= 15 is 0 Å². The van der Waals surface area contributed by atoms with Crippen LogP contribution < -0.4 is 0 Å². The molecular formula is C35H7F21. The molecule has 4 rings (SSSR count). The van der Waals surface area contributed by atoms with Gasteiger partial charge in [-0.1, -0.05) is 48.9 Å². The van der Waals surface area contributed by atoms with Crippen LogP contribution in [0, 0.1) is 123 Å². The van der Waals surface area contributed by atoms with Gasteiger partial charge in [0.15, 0.2) is 81.4 Å². The molecule has 21 heteroatoms. The highest BCUT2D eigenvalue weighted by Gasteiger charge is 2.43. The van der Waals surface area contributed by atoms with Gasteiger partial charge < -0.3 is 0 Å². The molecule has 0 spiro atoms. The first kappa shape index (κ1) is 42.8. The third-order valence-corrected chi connectivity index (χ3v) is 7.21. The Morgan fingerprint density at radius 2 is 0.500 bits per heavy atom. The standard InChI is InChI=1S/C35H7F21/c1-2-3-10-17(34(51,52)53)31(48)28(45)11(19(10)36)4-5-12-20(37)22(39)13(23(40)21(12)38)6-7-14-24(41)26(43)15(27(44)25(14)42)8-9-16-29(46)32(49)18(35(54,55)56)33(50)30(16)47/h2-3H2,1H3. The first-order valence-electron chi connectivity index (χ1n) is 14.3. The summed E-state index contributed by atoms with van der Waals surface area (Å²) in [6.07, 6.45) is -12.8. The minimum absolute atomic E-state index is 0.287. The first-order chi connectivity index (χ1) is 25.8. The summed E-state index contributed by atoms with van der Waals surface area (Å²) in [4.78, 5) is 0. The summed E-state index contributed by atoms with van der Waals surface area (Å²) in [5.74, 6) is -33.9. The minimum Gasteiger partial charge on any atom is -0.205 e. The fourth-order valence-electron chi connectivity index (χ4n) is 4.67. The Balaban J connectivity index is 1.83. The van der Waals surface area contributed by atoms with Gasteiger partial charge in [0.05, 0.1) is 5.56 Å². The average molecular weight is 826 g/mol. The van der Waals surface area contributed by atoms with Crippen LogP contribution in [0.15, 0.2) is 0 Å². The summed E-state index contributed by atoms with van der Waals surface area (Å²) in [5, 5.41) is 0. The van der Waals surface area contributed by atoms with Gasteiger partial charge in [-0.05, 0) is 6.42 Å². The second-order valence-electron chi connectivity index (χ2n) is 10.7. The Kier molecular flexibility index (Phi) is 11.7. The minimum atomic E-state index is -6.01. The van der Waals surface area contributed by atoms with Crippen LogP contribution in [0.3, 0.4) is 0 Å². The third-order valence-electron chi connectivity index (χ3n) is 7.21. The summed E-state index contributed by atoms with van der Waals surface area (Å²) in [7, 11) is 0. The van der Waals surface area contributed by atoms with Crippen LogP contribution in [0.4, 0.5) is 92.2 Å². The van der Waals surface area contributed by atoms with Crippen molar-refractivity contribution in [2.75, 3.05) is 0 Å². The molecule has 0 unspecified atom stereocenters. The zero-order valence-corrected chi connectivity index (χ0v) is 26.4. The van der Waals surface area contributed by atoms with Crippen LogP contribution in [-0.4, -0.2) is 0 Å². The van der Waals surface area contributed by atoms with E-state index < -0.39 is 156 Å². The van der Waals surface area contributed by atoms with E-state index in [0.717, 1.165) is 23.7 Å². The van der Waals surface area contributed by atoms with Gasteiger partial charge in [0, 0.05) is 5.56 Å². The molecule has 0 aliphatic heterocycles. The molecule has 56 heavy (non-hydrogen) atoms. The maximum atomic E-state index is 14.9. The summed E-state index contributed by atoms with van der Waals surface area (Å²) >= 11 is 0. The van der Waals surface area contributed by atoms with E-state index in [2.05, 4.69) is 0 Å². The van der Waals surface area contributed by atoms with Crippen LogP contribution >= 0.6 is 0 Å². The second-order valence-corrected chi connectivity index (χ2v) is 10.7. The molecule has 0 N–H and O–H groups in total. The highest BCUT2D eigenvalue weighted by atomic mass is 19.4. The molecule has 4 aromatic rings. The highest BCUT2D eigenvalue weighted by Crippen LogP contribution is 2.39. The molecule has 0 amide bonds. The fraction of sp³-hybridized carbons (Fsp3) is 0.143. The van der Waals surface area contributed by atoms with Gasteiger partial charge >= 0.3 is 12.4 Å². The van der Waals surface area contributed by atoms with Crippen LogP contribution in [0.5, 0.6) is 0 Å². The Hall–Kier alpha value is -5.91. The van der Waals surface area contributed by atoms with E-state index in [9.17, 15) is 92.2 Å². The van der Waals surface area contributed by atoms with Crippen molar-refractivity contribution in [3.8, 4) is 35.5 Å². The van der Waals surface area contributed by atoms with Crippen molar-refractivity contribution in [1.29, 1.82) is 0 Å². The number of rotatable bonds is 2. The topological polar surface area (TPSA) is 0 Å². The molecule has 0 atom stereocenters. The third kappa shape index (κ3) is 7.39. The van der Waals surface area contributed by atoms with Crippen molar-refractivity contribution in [3.63, 3.8) is 0 Å². The van der Waals surface area contributed by atoms with Gasteiger partial charge in [-0.15, -0.1) is 0 Å². The first-order valence-corrected chi connectivity index (χ1v) is 14.3. The summed E-state index contributed by atoms with van der Waals surface area (Å²) < 4.78 is 296. The van der Waals surface area contributed by atoms with Gasteiger partial charge in [0.2, 0.25) is 0 Å². The maximum absolute atomic E-state index is 14.9. The second kappa shape index (κ2) is 15.3. The lowest BCUT2D eigenvalue weighted by Gasteiger charge is -2.16. The van der Waals surface area contributed by atoms with Gasteiger partial charge in [-0.3, -0.25) is 0 Å². The average Bonchev–Trinajstić information content (AvgIpc) is 3.10. The molecular weight excluding hydrogens is 819 g/mol. The lowest BCUT2D eigenvalue weighted by molar-refractivity contribution is -0.143. The van der Waals surface area contributed by atoms with Crippen molar-refractivity contribution in [2.45, 2.75) is 32.1 Å². The van der Waals surface area contributed by atoms with E-state index in [1.807, 2.05) is 0 Å². The molecule has 0 aromatic heterocycles. The van der Waals surface area contributed by atoms with Crippen molar-refractivity contribution in [1.82, 2.24) is 0 Å². The highest BCUT2D eigenvalue weighted by molar-refractivity contribution is 5.55. The monoisotopic (exact) mass is 826 g/mol. The van der Waals surface area contributed by atoms with Crippen LogP contribution in [-0.2, 0) is 18.8 Å². The number of alkyl halides is 6.